The first-order chi connectivity index (χ1) is 7.95. The number of nitrogens with zero attached hydrogens (tertiary/aromatic N) is 2. The molecule has 0 radical (unpaired) electrons. The fourth-order valence-electron chi connectivity index (χ4n) is 1.58. The zero-order valence-corrected chi connectivity index (χ0v) is 10.2. The highest BCUT2D eigenvalue weighted by molar-refractivity contribution is 7.89. The monoisotopic (exact) mass is 251 g/mol. The summed E-state index contributed by atoms with van der Waals surface area (Å²) < 4.78 is 23.7. The minimum atomic E-state index is -3.67. The van der Waals surface area contributed by atoms with E-state index in [0.29, 0.717) is 6.54 Å². The molecule has 2 aromatic rings. The quantitative estimate of drug-likeness (QED) is 0.879. The highest BCUT2D eigenvalue weighted by Gasteiger charge is 2.10. The highest BCUT2D eigenvalue weighted by Crippen LogP contribution is 2.08. The first-order valence-corrected chi connectivity index (χ1v) is 6.60. The highest BCUT2D eigenvalue weighted by atomic mass is 32.2. The molecular weight excluding hydrogens is 238 g/mol. The van der Waals surface area contributed by atoms with Gasteiger partial charge in [-0.05, 0) is 12.5 Å². The van der Waals surface area contributed by atoms with E-state index >= 15 is 0 Å². The van der Waals surface area contributed by atoms with Crippen molar-refractivity contribution in [2.24, 2.45) is 5.14 Å². The molecule has 0 saturated carbocycles. The van der Waals surface area contributed by atoms with Crippen molar-refractivity contribution in [1.82, 2.24) is 9.78 Å². The van der Waals surface area contributed by atoms with E-state index in [9.17, 15) is 8.42 Å². The van der Waals surface area contributed by atoms with E-state index in [2.05, 4.69) is 5.10 Å². The topological polar surface area (TPSA) is 78.0 Å². The summed E-state index contributed by atoms with van der Waals surface area (Å²) in [7, 11) is -3.67. The summed E-state index contributed by atoms with van der Waals surface area (Å²) in [6, 6.07) is 7.95. The van der Waals surface area contributed by atoms with Gasteiger partial charge in [-0.25, -0.2) is 13.6 Å². The molecule has 0 spiro atoms. The first kappa shape index (κ1) is 11.8. The zero-order valence-electron chi connectivity index (χ0n) is 9.37. The predicted molar refractivity (Wildman–Crippen MR) is 63.9 cm³/mol. The Morgan fingerprint density at radius 2 is 2.18 bits per heavy atom. The molecule has 6 heteroatoms. The van der Waals surface area contributed by atoms with Crippen LogP contribution >= 0.6 is 0 Å². The van der Waals surface area contributed by atoms with Gasteiger partial charge in [0.2, 0.25) is 10.0 Å². The Morgan fingerprint density at radius 1 is 1.41 bits per heavy atom. The maximum absolute atomic E-state index is 11.1. The van der Waals surface area contributed by atoms with Crippen LogP contribution in [-0.2, 0) is 16.6 Å². The molecule has 0 atom stereocenters. The summed E-state index contributed by atoms with van der Waals surface area (Å²) in [4.78, 5) is 0.0325. The summed E-state index contributed by atoms with van der Waals surface area (Å²) in [5, 5.41) is 8.97. The van der Waals surface area contributed by atoms with Crippen LogP contribution in [0.4, 0.5) is 0 Å². The molecule has 90 valence electrons. The van der Waals surface area contributed by atoms with Gasteiger partial charge in [0.25, 0.3) is 0 Å². The number of sulfonamides is 1. The average Bonchev–Trinajstić information content (AvgIpc) is 2.65. The summed E-state index contributed by atoms with van der Waals surface area (Å²) in [6.45, 7) is 2.53. The normalized spacial score (nSPS) is 11.6. The molecular formula is C11H13N3O2S. The Labute approximate surface area is 99.9 Å². The minimum Gasteiger partial charge on any atom is -0.267 e. The summed E-state index contributed by atoms with van der Waals surface area (Å²) in [5.74, 6) is 0. The van der Waals surface area contributed by atoms with Crippen molar-refractivity contribution in [3.05, 3.63) is 47.8 Å². The lowest BCUT2D eigenvalue weighted by Gasteiger charge is -2.02. The Morgan fingerprint density at radius 3 is 2.76 bits per heavy atom. The van der Waals surface area contributed by atoms with Crippen LogP contribution in [0.5, 0.6) is 0 Å². The van der Waals surface area contributed by atoms with Gasteiger partial charge in [0.05, 0.1) is 12.7 Å². The predicted octanol–water partition coefficient (Wildman–Crippen LogP) is 0.887. The molecule has 0 aliphatic rings. The Balaban J connectivity index is 2.23. The van der Waals surface area contributed by atoms with Gasteiger partial charge in [-0.15, -0.1) is 0 Å². The van der Waals surface area contributed by atoms with Crippen LogP contribution in [0.2, 0.25) is 0 Å². The van der Waals surface area contributed by atoms with Crippen molar-refractivity contribution in [3.8, 4) is 0 Å². The Hall–Kier alpha value is -1.66. The van der Waals surface area contributed by atoms with E-state index in [1.807, 2.05) is 31.2 Å². The summed E-state index contributed by atoms with van der Waals surface area (Å²) in [6.07, 6.45) is 2.68. The Bertz CT molecular complexity index is 632. The maximum atomic E-state index is 11.1. The van der Waals surface area contributed by atoms with Crippen LogP contribution in [0.25, 0.3) is 0 Å². The van der Waals surface area contributed by atoms with Crippen molar-refractivity contribution in [1.29, 1.82) is 0 Å². The standard InChI is InChI=1S/C11H13N3O2S/c1-9-3-2-4-10(5-9)7-14-8-11(6-13-14)17(12,15)16/h2-6,8H,7H2,1H3,(H2,12,15,16). The fraction of sp³-hybridized carbons (Fsp3) is 0.182. The van der Waals surface area contributed by atoms with Crippen LogP contribution in [0, 0.1) is 6.92 Å². The van der Waals surface area contributed by atoms with Crippen molar-refractivity contribution in [3.63, 3.8) is 0 Å². The molecule has 1 heterocycles. The van der Waals surface area contributed by atoms with Gasteiger partial charge in [0.1, 0.15) is 4.90 Å². The number of nitrogens with two attached hydrogens (primary N) is 1. The van der Waals surface area contributed by atoms with E-state index in [1.165, 1.54) is 12.4 Å². The number of rotatable bonds is 3. The van der Waals surface area contributed by atoms with Gasteiger partial charge in [0, 0.05) is 6.20 Å². The van der Waals surface area contributed by atoms with Gasteiger partial charge in [-0.2, -0.15) is 5.10 Å². The van der Waals surface area contributed by atoms with Crippen molar-refractivity contribution < 1.29 is 8.42 Å². The van der Waals surface area contributed by atoms with E-state index < -0.39 is 10.0 Å². The minimum absolute atomic E-state index is 0.0325. The molecule has 0 amide bonds. The number of aryl methyl sites for hydroxylation is 1. The summed E-state index contributed by atoms with van der Waals surface area (Å²) in [5.41, 5.74) is 2.22. The number of primary sulfonamides is 1. The van der Waals surface area contributed by atoms with E-state index in [-0.39, 0.29) is 4.90 Å². The lowest BCUT2D eigenvalue weighted by atomic mass is 10.1. The van der Waals surface area contributed by atoms with Crippen LogP contribution < -0.4 is 5.14 Å². The second-order valence-corrected chi connectivity index (χ2v) is 5.47. The smallest absolute Gasteiger partial charge is 0.241 e. The van der Waals surface area contributed by atoms with E-state index in [0.717, 1.165) is 11.1 Å². The van der Waals surface area contributed by atoms with Crippen LogP contribution in [0.1, 0.15) is 11.1 Å². The lowest BCUT2D eigenvalue weighted by Crippen LogP contribution is -2.11. The molecule has 0 fully saturated rings. The second kappa shape index (κ2) is 4.31. The van der Waals surface area contributed by atoms with Gasteiger partial charge < -0.3 is 0 Å². The van der Waals surface area contributed by atoms with E-state index in [4.69, 9.17) is 5.14 Å². The lowest BCUT2D eigenvalue weighted by molar-refractivity contribution is 0.597. The molecule has 0 saturated heterocycles. The maximum Gasteiger partial charge on any atom is 0.241 e. The zero-order chi connectivity index (χ0) is 12.5. The molecule has 0 unspecified atom stereocenters. The third-order valence-electron chi connectivity index (χ3n) is 2.37. The average molecular weight is 251 g/mol. The summed E-state index contributed by atoms with van der Waals surface area (Å²) >= 11 is 0. The fourth-order valence-corrected chi connectivity index (χ4v) is 2.04. The van der Waals surface area contributed by atoms with Crippen LogP contribution in [0.15, 0.2) is 41.6 Å². The SMILES string of the molecule is Cc1cccc(Cn2cc(S(N)(=O)=O)cn2)c1. The van der Waals surface area contributed by atoms with E-state index in [1.54, 1.807) is 4.68 Å². The third kappa shape index (κ3) is 2.92. The van der Waals surface area contributed by atoms with Gasteiger partial charge in [0.15, 0.2) is 0 Å². The molecule has 0 aliphatic heterocycles. The molecule has 1 aromatic heterocycles. The van der Waals surface area contributed by atoms with Crippen molar-refractivity contribution in [2.75, 3.05) is 0 Å². The number of aromatic nitrogens is 2. The molecule has 5 nitrogen and oxygen atoms in total. The molecule has 17 heavy (non-hydrogen) atoms. The molecule has 0 aliphatic carbocycles. The molecule has 2 rings (SSSR count). The largest absolute Gasteiger partial charge is 0.267 e. The van der Waals surface area contributed by atoms with Gasteiger partial charge in [-0.1, -0.05) is 29.8 Å². The van der Waals surface area contributed by atoms with Crippen LogP contribution in [-0.4, -0.2) is 18.2 Å². The number of hydrogen-bond acceptors (Lipinski definition) is 3. The van der Waals surface area contributed by atoms with Crippen molar-refractivity contribution in [2.45, 2.75) is 18.4 Å². The number of benzene rings is 1. The molecule has 0 bridgehead atoms. The van der Waals surface area contributed by atoms with Gasteiger partial charge >= 0.3 is 0 Å². The number of hydrogen-bond donors (Lipinski definition) is 1. The molecule has 2 N–H and O–H groups in total. The second-order valence-electron chi connectivity index (χ2n) is 3.91. The molecule has 1 aromatic carbocycles. The third-order valence-corrected chi connectivity index (χ3v) is 3.23. The van der Waals surface area contributed by atoms with Crippen molar-refractivity contribution >= 4 is 10.0 Å². The Kier molecular flexibility index (Phi) is 2.99. The first-order valence-electron chi connectivity index (χ1n) is 5.06. The van der Waals surface area contributed by atoms with Crippen LogP contribution in [0.3, 0.4) is 0 Å². The van der Waals surface area contributed by atoms with Gasteiger partial charge in [-0.3, -0.25) is 4.68 Å².